The van der Waals surface area contributed by atoms with Crippen molar-refractivity contribution in [2.45, 2.75) is 45.1 Å². The quantitative estimate of drug-likeness (QED) is 0.244. The molecular weight excluding hydrogens is 706 g/mol. The van der Waals surface area contributed by atoms with Crippen LogP contribution in [0.2, 0.25) is 0 Å². The Morgan fingerprint density at radius 3 is 2.31 bits per heavy atom. The molecular formula is C41H51N5O9. The molecule has 2 bridgehead atoms. The number of fused-ring (bicyclic) bond motifs is 5. The van der Waals surface area contributed by atoms with E-state index < -0.39 is 0 Å². The Kier molecular flexibility index (Phi) is 12.9. The summed E-state index contributed by atoms with van der Waals surface area (Å²) in [5.74, 6) is 3.07. The van der Waals surface area contributed by atoms with Gasteiger partial charge in [0.1, 0.15) is 12.1 Å². The predicted octanol–water partition coefficient (Wildman–Crippen LogP) is 5.10. The summed E-state index contributed by atoms with van der Waals surface area (Å²) in [6.45, 7) is 2.87. The van der Waals surface area contributed by atoms with Gasteiger partial charge in [0.05, 0.1) is 59.4 Å². The third-order valence-electron chi connectivity index (χ3n) is 10.4. The fourth-order valence-corrected chi connectivity index (χ4v) is 7.49. The SMILES string of the molecule is COc1ccc(CCC(=O)N2CCCCN(C(=O)c3ccoc3)Cc3cc4c(OC)c(OC)c(OC)cc4nc3N3CCCC(CNC(=O)C2)C3)cc1OC. The summed E-state index contributed by atoms with van der Waals surface area (Å²) in [5, 5.41) is 3.85. The molecule has 294 valence electrons. The first-order valence-corrected chi connectivity index (χ1v) is 18.7. The second-order valence-corrected chi connectivity index (χ2v) is 13.9. The first-order valence-electron chi connectivity index (χ1n) is 18.7. The smallest absolute Gasteiger partial charge is 0.257 e. The van der Waals surface area contributed by atoms with Gasteiger partial charge in [-0.15, -0.1) is 0 Å². The van der Waals surface area contributed by atoms with Gasteiger partial charge in [0.25, 0.3) is 5.91 Å². The molecule has 2 aromatic heterocycles. The molecule has 6 rings (SSSR count). The molecule has 1 unspecified atom stereocenters. The monoisotopic (exact) mass is 757 g/mol. The number of nitrogens with zero attached hydrogens (tertiary/aromatic N) is 4. The van der Waals surface area contributed by atoms with Crippen molar-refractivity contribution in [3.63, 3.8) is 0 Å². The minimum Gasteiger partial charge on any atom is -0.493 e. The molecule has 1 saturated heterocycles. The number of hydrogen-bond donors (Lipinski definition) is 1. The highest BCUT2D eigenvalue weighted by Crippen LogP contribution is 2.44. The average molecular weight is 758 g/mol. The van der Waals surface area contributed by atoms with Crippen molar-refractivity contribution in [2.75, 3.05) is 79.7 Å². The second kappa shape index (κ2) is 18.1. The largest absolute Gasteiger partial charge is 0.493 e. The third-order valence-corrected chi connectivity index (χ3v) is 10.4. The van der Waals surface area contributed by atoms with Crippen LogP contribution in [0.4, 0.5) is 5.82 Å². The van der Waals surface area contributed by atoms with Gasteiger partial charge >= 0.3 is 0 Å². The lowest BCUT2D eigenvalue weighted by atomic mass is 9.97. The summed E-state index contributed by atoms with van der Waals surface area (Å²) in [7, 11) is 7.88. The Morgan fingerprint density at radius 2 is 1.60 bits per heavy atom. The molecule has 1 N–H and O–H groups in total. The van der Waals surface area contributed by atoms with E-state index in [0.717, 1.165) is 41.7 Å². The molecule has 0 spiro atoms. The Labute approximate surface area is 321 Å². The van der Waals surface area contributed by atoms with E-state index in [4.69, 9.17) is 33.1 Å². The van der Waals surface area contributed by atoms with Crippen LogP contribution in [0.25, 0.3) is 10.9 Å². The Hall–Kier alpha value is -5.66. The highest BCUT2D eigenvalue weighted by molar-refractivity contribution is 5.95. The number of piperidine rings is 1. The third kappa shape index (κ3) is 9.01. The molecule has 55 heavy (non-hydrogen) atoms. The van der Waals surface area contributed by atoms with Gasteiger partial charge in [-0.2, -0.15) is 0 Å². The van der Waals surface area contributed by atoms with Gasteiger partial charge in [0.15, 0.2) is 23.0 Å². The van der Waals surface area contributed by atoms with E-state index in [1.54, 1.807) is 51.4 Å². The van der Waals surface area contributed by atoms with E-state index in [9.17, 15) is 14.4 Å². The second-order valence-electron chi connectivity index (χ2n) is 13.9. The lowest BCUT2D eigenvalue weighted by Gasteiger charge is -2.36. The number of aromatic nitrogens is 1. The number of nitrogens with one attached hydrogen (secondary N) is 1. The summed E-state index contributed by atoms with van der Waals surface area (Å²) in [5.41, 5.74) is 2.88. The van der Waals surface area contributed by atoms with Crippen LogP contribution in [0.1, 0.15) is 53.6 Å². The maximum absolute atomic E-state index is 14.1. The molecule has 0 aliphatic carbocycles. The van der Waals surface area contributed by atoms with Gasteiger partial charge in [-0.05, 0) is 67.9 Å². The van der Waals surface area contributed by atoms with Crippen LogP contribution in [0.5, 0.6) is 28.7 Å². The number of benzene rings is 2. The van der Waals surface area contributed by atoms with Crippen molar-refractivity contribution in [2.24, 2.45) is 5.92 Å². The van der Waals surface area contributed by atoms with Crippen molar-refractivity contribution in [3.05, 3.63) is 65.6 Å². The molecule has 2 aliphatic heterocycles. The van der Waals surface area contributed by atoms with Crippen molar-refractivity contribution in [1.82, 2.24) is 20.1 Å². The number of aryl methyl sites for hydroxylation is 1. The van der Waals surface area contributed by atoms with Crippen LogP contribution in [0.15, 0.2) is 53.3 Å². The molecule has 2 aromatic carbocycles. The molecule has 14 heteroatoms. The number of rotatable bonds is 9. The zero-order valence-electron chi connectivity index (χ0n) is 32.4. The highest BCUT2D eigenvalue weighted by Gasteiger charge is 2.29. The zero-order chi connectivity index (χ0) is 38.9. The van der Waals surface area contributed by atoms with Crippen molar-refractivity contribution in [1.29, 1.82) is 0 Å². The van der Waals surface area contributed by atoms with Crippen molar-refractivity contribution >= 4 is 34.4 Å². The molecule has 14 nitrogen and oxygen atoms in total. The van der Waals surface area contributed by atoms with E-state index in [2.05, 4.69) is 10.2 Å². The Balaban J connectivity index is 1.31. The van der Waals surface area contributed by atoms with E-state index in [-0.39, 0.29) is 43.1 Å². The number of hydrogen-bond acceptors (Lipinski definition) is 11. The maximum Gasteiger partial charge on any atom is 0.257 e. The van der Waals surface area contributed by atoms with Crippen molar-refractivity contribution < 1.29 is 42.5 Å². The van der Waals surface area contributed by atoms with Crippen LogP contribution >= 0.6 is 0 Å². The first-order chi connectivity index (χ1) is 26.8. The lowest BCUT2D eigenvalue weighted by Crippen LogP contribution is -2.45. The highest BCUT2D eigenvalue weighted by atomic mass is 16.5. The van der Waals surface area contributed by atoms with Crippen LogP contribution < -0.4 is 33.9 Å². The molecule has 2 aliphatic rings. The van der Waals surface area contributed by atoms with Crippen molar-refractivity contribution in [3.8, 4) is 28.7 Å². The minimum atomic E-state index is -0.196. The van der Waals surface area contributed by atoms with Crippen LogP contribution in [0, 0.1) is 5.92 Å². The number of carbonyl (C=O) groups is 3. The zero-order valence-corrected chi connectivity index (χ0v) is 32.4. The van der Waals surface area contributed by atoms with Gasteiger partial charge in [0.2, 0.25) is 17.6 Å². The summed E-state index contributed by atoms with van der Waals surface area (Å²) in [4.78, 5) is 52.0. The number of carbonyl (C=O) groups excluding carboxylic acids is 3. The fraction of sp³-hybridized carbons (Fsp3) is 0.463. The maximum atomic E-state index is 14.1. The topological polar surface area (TPSA) is 145 Å². The van der Waals surface area contributed by atoms with Gasteiger partial charge < -0.3 is 48.1 Å². The van der Waals surface area contributed by atoms with Gasteiger partial charge in [-0.25, -0.2) is 4.98 Å². The van der Waals surface area contributed by atoms with E-state index >= 15 is 0 Å². The van der Waals surface area contributed by atoms with E-state index in [1.807, 2.05) is 30.3 Å². The normalized spacial score (nSPS) is 16.9. The summed E-state index contributed by atoms with van der Waals surface area (Å²) >= 11 is 0. The Morgan fingerprint density at radius 1 is 0.836 bits per heavy atom. The number of ether oxygens (including phenoxy) is 5. The van der Waals surface area contributed by atoms with Crippen LogP contribution in [-0.2, 0) is 22.6 Å². The van der Waals surface area contributed by atoms with Crippen LogP contribution in [0.3, 0.4) is 0 Å². The van der Waals surface area contributed by atoms with E-state index in [1.165, 1.54) is 12.5 Å². The number of furan rings is 1. The fourth-order valence-electron chi connectivity index (χ4n) is 7.49. The standard InChI is InChI=1S/C41H51N5O9/c1-50-33-12-10-27(19-34(33)51-2)11-13-37(48)44-15-6-7-16-46(41(49)29-14-18-55-26-29)24-30-20-31-32(21-35(52-3)39(54-5)38(31)53-4)43-40(30)45-17-8-9-28(23-45)22-42-36(47)25-44/h10,12,14,18-21,26,28H,6-9,11,13,15-17,22-25H2,1-5H3,(H,42,47). The van der Waals surface area contributed by atoms with Crippen LogP contribution in [-0.4, -0.2) is 107 Å². The van der Waals surface area contributed by atoms with E-state index in [0.29, 0.717) is 85.3 Å². The lowest BCUT2D eigenvalue weighted by molar-refractivity contribution is -0.136. The summed E-state index contributed by atoms with van der Waals surface area (Å²) < 4.78 is 33.3. The molecule has 0 saturated carbocycles. The number of methoxy groups -OCH3 is 5. The Bertz CT molecular complexity index is 1970. The average Bonchev–Trinajstić information content (AvgIpc) is 3.76. The predicted molar refractivity (Wildman–Crippen MR) is 206 cm³/mol. The minimum absolute atomic E-state index is 0.0393. The van der Waals surface area contributed by atoms with Gasteiger partial charge in [0, 0.05) is 62.7 Å². The molecule has 4 heterocycles. The summed E-state index contributed by atoms with van der Waals surface area (Å²) in [6.07, 6.45) is 6.63. The first kappa shape index (κ1) is 39.0. The summed E-state index contributed by atoms with van der Waals surface area (Å²) in [6, 6.07) is 11.1. The van der Waals surface area contributed by atoms with Gasteiger partial charge in [-0.1, -0.05) is 6.07 Å². The number of anilines is 1. The number of pyridine rings is 1. The molecule has 4 aromatic rings. The van der Waals surface area contributed by atoms with Gasteiger partial charge in [-0.3, -0.25) is 14.4 Å². The molecule has 1 fully saturated rings. The number of amides is 3. The molecule has 1 atom stereocenters. The molecule has 3 amide bonds. The molecule has 0 radical (unpaired) electrons.